The number of hydrogen-bond donors (Lipinski definition) is 1. The van der Waals surface area contributed by atoms with Gasteiger partial charge in [-0.15, -0.1) is 0 Å². The predicted octanol–water partition coefficient (Wildman–Crippen LogP) is 2.20. The summed E-state index contributed by atoms with van der Waals surface area (Å²) in [6, 6.07) is 9.84. The first-order valence-corrected chi connectivity index (χ1v) is 5.09. The topological polar surface area (TPSA) is 32.6 Å². The van der Waals surface area contributed by atoms with Crippen LogP contribution in [0.15, 0.2) is 35.3 Å². The monoisotopic (exact) mass is 189 g/mol. The molecular formula is C12H15NO. The van der Waals surface area contributed by atoms with Crippen molar-refractivity contribution in [2.45, 2.75) is 18.9 Å². The molecule has 0 saturated carbocycles. The van der Waals surface area contributed by atoms with Gasteiger partial charge in [-0.05, 0) is 24.6 Å². The van der Waals surface area contributed by atoms with E-state index in [0.29, 0.717) is 5.92 Å². The Hall–Kier alpha value is -1.15. The average Bonchev–Trinajstić information content (AvgIpc) is 2.30. The van der Waals surface area contributed by atoms with Crippen molar-refractivity contribution in [3.8, 4) is 0 Å². The molecule has 0 amide bonds. The van der Waals surface area contributed by atoms with E-state index in [9.17, 15) is 5.11 Å². The van der Waals surface area contributed by atoms with Crippen LogP contribution in [0.25, 0.3) is 0 Å². The molecule has 0 saturated heterocycles. The van der Waals surface area contributed by atoms with E-state index < -0.39 is 0 Å². The molecule has 2 atom stereocenters. The fraction of sp³-hybridized carbons (Fsp3) is 0.417. The Morgan fingerprint density at radius 3 is 2.71 bits per heavy atom. The normalized spacial score (nSPS) is 23.4. The van der Waals surface area contributed by atoms with Crippen LogP contribution >= 0.6 is 0 Å². The molecule has 2 nitrogen and oxygen atoms in total. The Kier molecular flexibility index (Phi) is 2.94. The molecule has 2 heteroatoms. The van der Waals surface area contributed by atoms with Gasteiger partial charge in [0.15, 0.2) is 0 Å². The van der Waals surface area contributed by atoms with Gasteiger partial charge in [0, 0.05) is 12.5 Å². The summed E-state index contributed by atoms with van der Waals surface area (Å²) in [5.41, 5.74) is 1.01. The van der Waals surface area contributed by atoms with Gasteiger partial charge in [-0.3, -0.25) is 4.99 Å². The molecule has 2 rings (SSSR count). The highest BCUT2D eigenvalue weighted by Gasteiger charge is 2.21. The van der Waals surface area contributed by atoms with Crippen LogP contribution < -0.4 is 0 Å². The molecule has 0 spiro atoms. The molecule has 0 fully saturated rings. The van der Waals surface area contributed by atoms with Crippen molar-refractivity contribution < 1.29 is 5.11 Å². The van der Waals surface area contributed by atoms with Gasteiger partial charge in [0.1, 0.15) is 0 Å². The molecule has 2 unspecified atom stereocenters. The molecule has 0 bridgehead atoms. The van der Waals surface area contributed by atoms with Crippen molar-refractivity contribution >= 4 is 6.21 Å². The third kappa shape index (κ3) is 2.02. The molecule has 1 aliphatic heterocycles. The van der Waals surface area contributed by atoms with Crippen molar-refractivity contribution in [1.82, 2.24) is 0 Å². The quantitative estimate of drug-likeness (QED) is 0.760. The molecule has 74 valence electrons. The van der Waals surface area contributed by atoms with Gasteiger partial charge in [-0.2, -0.15) is 0 Å². The number of benzene rings is 1. The highest BCUT2D eigenvalue weighted by molar-refractivity contribution is 5.58. The Bertz CT molecular complexity index is 307. The number of nitrogens with zero attached hydrogens (tertiary/aromatic N) is 1. The van der Waals surface area contributed by atoms with Crippen molar-refractivity contribution in [2.24, 2.45) is 10.9 Å². The zero-order valence-corrected chi connectivity index (χ0v) is 8.13. The maximum absolute atomic E-state index is 10.1. The number of aliphatic hydroxyl groups is 1. The lowest BCUT2D eigenvalue weighted by Gasteiger charge is -2.23. The van der Waals surface area contributed by atoms with Gasteiger partial charge in [0.05, 0.1) is 6.10 Å². The van der Waals surface area contributed by atoms with Gasteiger partial charge in [-0.25, -0.2) is 0 Å². The SMILES string of the molecule is OC(c1ccccc1)C1CCC=NC1. The molecule has 1 aromatic rings. The van der Waals surface area contributed by atoms with Crippen LogP contribution in [0.4, 0.5) is 0 Å². The second-order valence-electron chi connectivity index (χ2n) is 3.74. The first-order chi connectivity index (χ1) is 6.88. The Labute approximate surface area is 84.3 Å². The van der Waals surface area contributed by atoms with Gasteiger partial charge in [-0.1, -0.05) is 30.3 Å². The van der Waals surface area contributed by atoms with E-state index in [1.54, 1.807) is 0 Å². The smallest absolute Gasteiger partial charge is 0.0836 e. The van der Waals surface area contributed by atoms with E-state index in [2.05, 4.69) is 4.99 Å². The Balaban J connectivity index is 2.08. The van der Waals surface area contributed by atoms with Gasteiger partial charge in [0.2, 0.25) is 0 Å². The second-order valence-corrected chi connectivity index (χ2v) is 3.74. The number of aliphatic hydroxyl groups excluding tert-OH is 1. The summed E-state index contributed by atoms with van der Waals surface area (Å²) < 4.78 is 0. The first-order valence-electron chi connectivity index (χ1n) is 5.09. The minimum atomic E-state index is -0.353. The Morgan fingerprint density at radius 2 is 2.07 bits per heavy atom. The zero-order chi connectivity index (χ0) is 9.80. The molecule has 1 aliphatic rings. The fourth-order valence-corrected chi connectivity index (χ4v) is 1.86. The molecule has 1 N–H and O–H groups in total. The Morgan fingerprint density at radius 1 is 1.29 bits per heavy atom. The largest absolute Gasteiger partial charge is 0.388 e. The lowest BCUT2D eigenvalue weighted by Crippen LogP contribution is -2.18. The number of aliphatic imine (C=N–C) groups is 1. The minimum absolute atomic E-state index is 0.294. The van der Waals surface area contributed by atoms with Gasteiger partial charge in [0.25, 0.3) is 0 Å². The third-order valence-electron chi connectivity index (χ3n) is 2.72. The van der Waals surface area contributed by atoms with E-state index in [1.807, 2.05) is 36.5 Å². The summed E-state index contributed by atoms with van der Waals surface area (Å²) >= 11 is 0. The van der Waals surface area contributed by atoms with E-state index in [0.717, 1.165) is 24.9 Å². The van der Waals surface area contributed by atoms with E-state index >= 15 is 0 Å². The van der Waals surface area contributed by atoms with Crippen molar-refractivity contribution in [3.63, 3.8) is 0 Å². The average molecular weight is 189 g/mol. The fourth-order valence-electron chi connectivity index (χ4n) is 1.86. The van der Waals surface area contributed by atoms with Gasteiger partial charge >= 0.3 is 0 Å². The summed E-state index contributed by atoms with van der Waals surface area (Å²) in [7, 11) is 0. The third-order valence-corrected chi connectivity index (χ3v) is 2.72. The van der Waals surface area contributed by atoms with Crippen LogP contribution in [0.2, 0.25) is 0 Å². The summed E-state index contributed by atoms with van der Waals surface area (Å²) in [4.78, 5) is 4.22. The zero-order valence-electron chi connectivity index (χ0n) is 8.13. The molecular weight excluding hydrogens is 174 g/mol. The number of rotatable bonds is 2. The number of hydrogen-bond acceptors (Lipinski definition) is 2. The maximum atomic E-state index is 10.1. The molecule has 14 heavy (non-hydrogen) atoms. The van der Waals surface area contributed by atoms with E-state index in [-0.39, 0.29) is 6.10 Å². The summed E-state index contributed by atoms with van der Waals surface area (Å²) in [6.07, 6.45) is 3.64. The van der Waals surface area contributed by atoms with Crippen LogP contribution in [0.1, 0.15) is 24.5 Å². The molecule has 0 aliphatic carbocycles. The molecule has 0 aromatic heterocycles. The molecule has 1 aromatic carbocycles. The standard InChI is InChI=1S/C12H15NO/c14-12(10-5-2-1-3-6-10)11-7-4-8-13-9-11/h1-3,5-6,8,11-12,14H,4,7,9H2. The van der Waals surface area contributed by atoms with Crippen LogP contribution in [0, 0.1) is 5.92 Å². The summed E-state index contributed by atoms with van der Waals surface area (Å²) in [5, 5.41) is 10.1. The summed E-state index contributed by atoms with van der Waals surface area (Å²) in [5.74, 6) is 0.294. The van der Waals surface area contributed by atoms with Crippen LogP contribution in [-0.2, 0) is 0 Å². The van der Waals surface area contributed by atoms with Crippen LogP contribution in [0.5, 0.6) is 0 Å². The summed E-state index contributed by atoms with van der Waals surface area (Å²) in [6.45, 7) is 0.760. The van der Waals surface area contributed by atoms with E-state index in [4.69, 9.17) is 0 Å². The van der Waals surface area contributed by atoms with Crippen molar-refractivity contribution in [1.29, 1.82) is 0 Å². The van der Waals surface area contributed by atoms with Crippen LogP contribution in [0.3, 0.4) is 0 Å². The first kappa shape index (κ1) is 9.41. The maximum Gasteiger partial charge on any atom is 0.0836 e. The lowest BCUT2D eigenvalue weighted by molar-refractivity contribution is 0.107. The molecule has 0 radical (unpaired) electrons. The van der Waals surface area contributed by atoms with E-state index in [1.165, 1.54) is 0 Å². The second kappa shape index (κ2) is 4.38. The van der Waals surface area contributed by atoms with Crippen LogP contribution in [-0.4, -0.2) is 17.9 Å². The lowest BCUT2D eigenvalue weighted by atomic mass is 9.90. The molecule has 1 heterocycles. The highest BCUT2D eigenvalue weighted by Crippen LogP contribution is 2.27. The highest BCUT2D eigenvalue weighted by atomic mass is 16.3. The predicted molar refractivity (Wildman–Crippen MR) is 57.5 cm³/mol. The van der Waals surface area contributed by atoms with Gasteiger partial charge < -0.3 is 5.11 Å². The van der Waals surface area contributed by atoms with Crippen molar-refractivity contribution in [3.05, 3.63) is 35.9 Å². The minimum Gasteiger partial charge on any atom is -0.388 e. The van der Waals surface area contributed by atoms with Crippen molar-refractivity contribution in [2.75, 3.05) is 6.54 Å².